The fraction of sp³-hybridized carbons (Fsp3) is 0.417. The molecule has 0 saturated heterocycles. The summed E-state index contributed by atoms with van der Waals surface area (Å²) < 4.78 is 18.2. The molecule has 4 rings (SSSR count). The van der Waals surface area contributed by atoms with Crippen LogP contribution in [0.25, 0.3) is 5.65 Å². The number of carbonyl (C=O) groups is 2. The summed E-state index contributed by atoms with van der Waals surface area (Å²) in [6.45, 7) is 7.43. The minimum Gasteiger partial charge on any atom is -0.456 e. The predicted octanol–water partition coefficient (Wildman–Crippen LogP) is 2.81. The smallest absolute Gasteiger partial charge is 0.415 e. The zero-order chi connectivity index (χ0) is 27.1. The number of amides is 1. The number of ether oxygens (including phenoxy) is 3. The van der Waals surface area contributed by atoms with Crippen LogP contribution in [0.5, 0.6) is 0 Å². The van der Waals surface area contributed by atoms with Crippen molar-refractivity contribution in [3.63, 3.8) is 0 Å². The number of hydrazine groups is 1. The Morgan fingerprint density at radius 1 is 1.27 bits per heavy atom. The van der Waals surface area contributed by atoms with Crippen molar-refractivity contribution in [2.24, 2.45) is 5.84 Å². The molecule has 2 aromatic heterocycles. The Labute approximate surface area is 214 Å². The zero-order valence-electron chi connectivity index (χ0n) is 21.7. The molecule has 3 heterocycles. The number of cyclic esters (lactones) is 1. The molecule has 3 aromatic rings. The standard InChI is InChI=1S/C24H32N8O5/c1-13-11-35-12-14-7-16(20(25)17(8-14)31(6)26)28-18-9-19(30(5)23(34)37-24(2,3)4)32-21(29-18)15(10-27-32)22(33)36-13/h7-10,13H,11-12,25-26H2,1-6H3,(H,28,29). The van der Waals surface area contributed by atoms with Gasteiger partial charge in [-0.15, -0.1) is 0 Å². The fourth-order valence-corrected chi connectivity index (χ4v) is 3.75. The number of nitrogens with zero attached hydrogens (tertiary/aromatic N) is 5. The number of fused-ring (bicyclic) bond motifs is 3. The van der Waals surface area contributed by atoms with E-state index in [1.807, 2.05) is 12.1 Å². The van der Waals surface area contributed by atoms with Crippen LogP contribution in [0.15, 0.2) is 24.4 Å². The zero-order valence-corrected chi connectivity index (χ0v) is 21.7. The van der Waals surface area contributed by atoms with E-state index in [-0.39, 0.29) is 24.4 Å². The molecule has 198 valence electrons. The first-order valence-corrected chi connectivity index (χ1v) is 11.7. The number of anilines is 5. The number of nitrogens with two attached hydrogens (primary N) is 2. The van der Waals surface area contributed by atoms with E-state index in [4.69, 9.17) is 25.8 Å². The molecule has 0 saturated carbocycles. The highest BCUT2D eigenvalue weighted by Gasteiger charge is 2.26. The summed E-state index contributed by atoms with van der Waals surface area (Å²) in [7, 11) is 3.22. The second-order valence-corrected chi connectivity index (χ2v) is 9.88. The Balaban J connectivity index is 1.90. The molecular weight excluding hydrogens is 480 g/mol. The molecule has 1 unspecified atom stereocenters. The molecule has 1 aliphatic heterocycles. The first-order valence-electron chi connectivity index (χ1n) is 11.7. The molecule has 0 aliphatic carbocycles. The highest BCUT2D eigenvalue weighted by atomic mass is 16.6. The third-order valence-corrected chi connectivity index (χ3v) is 5.47. The van der Waals surface area contributed by atoms with Crippen LogP contribution in [0.1, 0.15) is 43.6 Å². The molecule has 13 heteroatoms. The van der Waals surface area contributed by atoms with Crippen LogP contribution in [0.4, 0.5) is 33.5 Å². The van der Waals surface area contributed by atoms with Gasteiger partial charge in [-0.05, 0) is 45.4 Å². The lowest BCUT2D eigenvalue weighted by Gasteiger charge is -2.25. The van der Waals surface area contributed by atoms with Crippen LogP contribution in [0, 0.1) is 0 Å². The average molecular weight is 513 g/mol. The van der Waals surface area contributed by atoms with Crippen molar-refractivity contribution in [1.82, 2.24) is 14.6 Å². The Hall–Kier alpha value is -4.10. The maximum absolute atomic E-state index is 13.0. The number of hydrogen-bond acceptors (Lipinski definition) is 11. The molecule has 0 fully saturated rings. The maximum Gasteiger partial charge on any atom is 0.415 e. The molecule has 0 radical (unpaired) electrons. The Morgan fingerprint density at radius 2 is 2.00 bits per heavy atom. The van der Waals surface area contributed by atoms with Gasteiger partial charge in [0.2, 0.25) is 0 Å². The second-order valence-electron chi connectivity index (χ2n) is 9.88. The Kier molecular flexibility index (Phi) is 6.84. The van der Waals surface area contributed by atoms with Crippen molar-refractivity contribution in [2.45, 2.75) is 46.0 Å². The van der Waals surface area contributed by atoms with E-state index in [2.05, 4.69) is 15.4 Å². The molecule has 37 heavy (non-hydrogen) atoms. The van der Waals surface area contributed by atoms with Gasteiger partial charge in [0.15, 0.2) is 5.65 Å². The molecule has 1 aromatic carbocycles. The summed E-state index contributed by atoms with van der Waals surface area (Å²) in [6, 6.07) is 5.24. The van der Waals surface area contributed by atoms with E-state index in [9.17, 15) is 9.59 Å². The largest absolute Gasteiger partial charge is 0.456 e. The third kappa shape index (κ3) is 5.52. The topological polar surface area (TPSA) is 163 Å². The molecule has 0 spiro atoms. The summed E-state index contributed by atoms with van der Waals surface area (Å²) in [4.78, 5) is 31.8. The summed E-state index contributed by atoms with van der Waals surface area (Å²) in [5.74, 6) is 6.00. The average Bonchev–Trinajstić information content (AvgIpc) is 3.22. The third-order valence-electron chi connectivity index (χ3n) is 5.47. The van der Waals surface area contributed by atoms with Crippen molar-refractivity contribution in [3.05, 3.63) is 35.5 Å². The van der Waals surface area contributed by atoms with Gasteiger partial charge in [-0.1, -0.05) is 0 Å². The molecule has 5 N–H and O–H groups in total. The molecular formula is C24H32N8O5. The van der Waals surface area contributed by atoms with Gasteiger partial charge in [-0.3, -0.25) is 4.90 Å². The van der Waals surface area contributed by atoms with E-state index in [0.717, 1.165) is 5.56 Å². The number of aromatic nitrogens is 3. The summed E-state index contributed by atoms with van der Waals surface area (Å²) in [5.41, 5.74) is 8.26. The van der Waals surface area contributed by atoms with Gasteiger partial charge in [0, 0.05) is 20.2 Å². The van der Waals surface area contributed by atoms with Crippen molar-refractivity contribution in [3.8, 4) is 0 Å². The van der Waals surface area contributed by atoms with E-state index >= 15 is 0 Å². The number of benzene rings is 1. The lowest BCUT2D eigenvalue weighted by atomic mass is 10.1. The predicted molar refractivity (Wildman–Crippen MR) is 139 cm³/mol. The van der Waals surface area contributed by atoms with E-state index < -0.39 is 23.8 Å². The first-order chi connectivity index (χ1) is 17.3. The minimum atomic E-state index is -0.719. The van der Waals surface area contributed by atoms with E-state index in [0.29, 0.717) is 28.7 Å². The number of hydrogen-bond donors (Lipinski definition) is 3. The maximum atomic E-state index is 13.0. The second kappa shape index (κ2) is 9.75. The molecule has 1 aliphatic rings. The van der Waals surface area contributed by atoms with Gasteiger partial charge in [0.25, 0.3) is 0 Å². The Bertz CT molecular complexity index is 1350. The Morgan fingerprint density at radius 3 is 2.68 bits per heavy atom. The number of nitrogen functional groups attached to an aromatic ring is 1. The van der Waals surface area contributed by atoms with Gasteiger partial charge in [-0.2, -0.15) is 9.61 Å². The molecule has 1 atom stereocenters. The van der Waals surface area contributed by atoms with Gasteiger partial charge in [-0.25, -0.2) is 20.4 Å². The van der Waals surface area contributed by atoms with Crippen molar-refractivity contribution < 1.29 is 23.8 Å². The van der Waals surface area contributed by atoms with Crippen LogP contribution < -0.4 is 26.8 Å². The monoisotopic (exact) mass is 512 g/mol. The summed E-state index contributed by atoms with van der Waals surface area (Å²) >= 11 is 0. The minimum absolute atomic E-state index is 0.121. The lowest BCUT2D eigenvalue weighted by Crippen LogP contribution is -2.35. The summed E-state index contributed by atoms with van der Waals surface area (Å²) in [5, 5.41) is 8.91. The first kappa shape index (κ1) is 26.0. The number of carbonyl (C=O) groups excluding carboxylic acids is 2. The fourth-order valence-electron chi connectivity index (χ4n) is 3.75. The van der Waals surface area contributed by atoms with Crippen molar-refractivity contribution in [2.75, 3.05) is 41.7 Å². The SMILES string of the molecule is CC1COCc2cc(c(N)c(N(C)N)c2)Nc2cc(N(C)C(=O)OC(C)(C)C)n3ncc(c3n2)C(=O)O1. The molecule has 13 nitrogen and oxygen atoms in total. The van der Waals surface area contributed by atoms with Crippen molar-refractivity contribution in [1.29, 1.82) is 0 Å². The van der Waals surface area contributed by atoms with Crippen LogP contribution in [0.2, 0.25) is 0 Å². The quantitative estimate of drug-likeness (QED) is 0.200. The lowest BCUT2D eigenvalue weighted by molar-refractivity contribution is -0.00151. The number of nitrogens with one attached hydrogen (secondary N) is 1. The normalized spacial score (nSPS) is 16.1. The van der Waals surface area contributed by atoms with Gasteiger partial charge < -0.3 is 30.3 Å². The highest BCUT2D eigenvalue weighted by Crippen LogP contribution is 2.34. The molecule has 4 bridgehead atoms. The summed E-state index contributed by atoms with van der Waals surface area (Å²) in [6.07, 6.45) is 0.191. The van der Waals surface area contributed by atoms with E-state index in [1.54, 1.807) is 47.9 Å². The van der Waals surface area contributed by atoms with Crippen molar-refractivity contribution >= 4 is 46.4 Å². The van der Waals surface area contributed by atoms with E-state index in [1.165, 1.54) is 20.6 Å². The number of esters is 1. The van der Waals surface area contributed by atoms with Crippen LogP contribution in [0.3, 0.4) is 0 Å². The van der Waals surface area contributed by atoms with Gasteiger partial charge in [0.05, 0.1) is 36.5 Å². The highest BCUT2D eigenvalue weighted by molar-refractivity contribution is 5.97. The van der Waals surface area contributed by atoms with Crippen LogP contribution in [-0.4, -0.2) is 59.1 Å². The van der Waals surface area contributed by atoms with Crippen LogP contribution in [-0.2, 0) is 20.8 Å². The van der Waals surface area contributed by atoms with Gasteiger partial charge in [0.1, 0.15) is 28.9 Å². The molecule has 1 amide bonds. The van der Waals surface area contributed by atoms with Gasteiger partial charge >= 0.3 is 12.1 Å². The number of rotatable bonds is 2. The van der Waals surface area contributed by atoms with Crippen LogP contribution >= 0.6 is 0 Å².